The molecule has 0 spiro atoms. The zero-order chi connectivity index (χ0) is 23.5. The van der Waals surface area contributed by atoms with E-state index in [0.29, 0.717) is 12.1 Å². The fourth-order valence-electron chi connectivity index (χ4n) is 2.40. The van der Waals surface area contributed by atoms with Gasteiger partial charge in [0.05, 0.1) is 37.4 Å². The lowest BCUT2D eigenvalue weighted by molar-refractivity contribution is -0.141. The van der Waals surface area contributed by atoms with Crippen molar-refractivity contribution in [1.29, 1.82) is 5.26 Å². The van der Waals surface area contributed by atoms with Gasteiger partial charge in [0.15, 0.2) is 17.3 Å². The van der Waals surface area contributed by atoms with Crippen molar-refractivity contribution in [2.45, 2.75) is 12.7 Å². The monoisotopic (exact) mass is 454 g/mol. The zero-order valence-corrected chi connectivity index (χ0v) is 15.9. The molecule has 0 bridgehead atoms. The largest absolute Gasteiger partial charge is 0.467 e. The third-order valence-corrected chi connectivity index (χ3v) is 3.86. The first kappa shape index (κ1) is 22.3. The number of hydrogen-bond donors (Lipinski definition) is 2. The first-order chi connectivity index (χ1) is 15.1. The number of aromatic nitrogens is 5. The van der Waals surface area contributed by atoms with Gasteiger partial charge >= 0.3 is 18.2 Å². The fourth-order valence-corrected chi connectivity index (χ4v) is 2.40. The third kappa shape index (κ3) is 4.86. The van der Waals surface area contributed by atoms with Crippen LogP contribution in [0.2, 0.25) is 0 Å². The number of aromatic amines is 1. The van der Waals surface area contributed by atoms with Crippen LogP contribution in [0.5, 0.6) is 6.01 Å². The molecule has 0 aliphatic rings. The second-order valence-corrected chi connectivity index (χ2v) is 5.98. The summed E-state index contributed by atoms with van der Waals surface area (Å²) >= 11 is 0. The number of rotatable bonds is 5. The van der Waals surface area contributed by atoms with Crippen LogP contribution in [-0.4, -0.2) is 38.3 Å². The fraction of sp³-hybridized carbons (Fsp3) is 0.176. The van der Waals surface area contributed by atoms with Gasteiger partial charge in [0.25, 0.3) is 0 Å². The molecule has 2 amide bonds. The van der Waals surface area contributed by atoms with E-state index in [0.717, 1.165) is 17.3 Å². The summed E-state index contributed by atoms with van der Waals surface area (Å²) in [7, 11) is 1.30. The summed E-state index contributed by atoms with van der Waals surface area (Å²) in [6.07, 6.45) is -2.41. The smallest absolute Gasteiger partial charge is 0.432 e. The summed E-state index contributed by atoms with van der Waals surface area (Å²) in [6, 6.07) is 1.48. The predicted molar refractivity (Wildman–Crippen MR) is 96.2 cm³/mol. The number of nitriles is 1. The summed E-state index contributed by atoms with van der Waals surface area (Å²) in [4.78, 5) is 24.8. The van der Waals surface area contributed by atoms with Gasteiger partial charge in [-0.3, -0.25) is 15.3 Å². The Hall–Kier alpha value is -4.35. The average molecular weight is 454 g/mol. The van der Waals surface area contributed by atoms with Crippen LogP contribution in [0.3, 0.4) is 0 Å². The zero-order valence-electron chi connectivity index (χ0n) is 15.9. The number of hydrogen-bond acceptors (Lipinski definition) is 7. The highest BCUT2D eigenvalue weighted by molar-refractivity contribution is 6.00. The van der Waals surface area contributed by atoms with Gasteiger partial charge in [-0.05, 0) is 6.07 Å². The Morgan fingerprint density at radius 2 is 1.97 bits per heavy atom. The van der Waals surface area contributed by atoms with Crippen LogP contribution in [-0.2, 0) is 12.7 Å². The summed E-state index contributed by atoms with van der Waals surface area (Å²) in [5.41, 5.74) is -2.22. The van der Waals surface area contributed by atoms with Crippen molar-refractivity contribution < 1.29 is 31.5 Å². The highest BCUT2D eigenvalue weighted by Crippen LogP contribution is 2.28. The van der Waals surface area contributed by atoms with Crippen molar-refractivity contribution in [2.75, 3.05) is 17.3 Å². The number of carbonyl (C=O) groups is 1. The maximum Gasteiger partial charge on any atom is 0.432 e. The average Bonchev–Trinajstić information content (AvgIpc) is 3.24. The van der Waals surface area contributed by atoms with Gasteiger partial charge in [-0.15, -0.1) is 0 Å². The lowest BCUT2D eigenvalue weighted by Gasteiger charge is -2.21. The molecule has 10 nitrogen and oxygen atoms in total. The summed E-state index contributed by atoms with van der Waals surface area (Å²) in [5.74, 6) is -3.45. The second kappa shape index (κ2) is 8.79. The number of nitrogens with zero attached hydrogens (tertiary/aromatic N) is 6. The molecular formula is C17H11F5N8O2. The number of halogens is 5. The van der Waals surface area contributed by atoms with Crippen molar-refractivity contribution in [3.63, 3.8) is 0 Å². The molecule has 0 fully saturated rings. The highest BCUT2D eigenvalue weighted by atomic mass is 19.4. The number of nitrogens with one attached hydrogen (secondary N) is 2. The number of carbonyl (C=O) groups excluding carboxylic acids is 1. The normalized spacial score (nSPS) is 11.0. The van der Waals surface area contributed by atoms with E-state index in [1.807, 2.05) is 5.10 Å². The molecule has 32 heavy (non-hydrogen) atoms. The van der Waals surface area contributed by atoms with Gasteiger partial charge in [-0.1, -0.05) is 0 Å². The van der Waals surface area contributed by atoms with Crippen LogP contribution in [0.15, 0.2) is 24.5 Å². The summed E-state index contributed by atoms with van der Waals surface area (Å²) in [5, 5.41) is 16.3. The number of anilines is 2. The Bertz CT molecular complexity index is 1170. The quantitative estimate of drug-likeness (QED) is 0.566. The van der Waals surface area contributed by atoms with Gasteiger partial charge in [0.1, 0.15) is 17.6 Å². The summed E-state index contributed by atoms with van der Waals surface area (Å²) in [6.45, 7) is -0.497. The molecule has 166 valence electrons. The van der Waals surface area contributed by atoms with Gasteiger partial charge in [0.2, 0.25) is 0 Å². The molecule has 0 aliphatic carbocycles. The van der Waals surface area contributed by atoms with E-state index in [9.17, 15) is 26.7 Å². The molecule has 15 heteroatoms. The van der Waals surface area contributed by atoms with E-state index in [1.165, 1.54) is 13.2 Å². The number of pyridine rings is 1. The Kier molecular flexibility index (Phi) is 6.14. The van der Waals surface area contributed by atoms with E-state index in [-0.39, 0.29) is 17.4 Å². The molecule has 0 radical (unpaired) electrons. The molecule has 2 N–H and O–H groups in total. The Morgan fingerprint density at radius 3 is 2.53 bits per heavy atom. The van der Waals surface area contributed by atoms with E-state index in [2.05, 4.69) is 25.4 Å². The van der Waals surface area contributed by atoms with E-state index in [4.69, 9.17) is 10.00 Å². The van der Waals surface area contributed by atoms with Gasteiger partial charge in [-0.2, -0.15) is 23.5 Å². The summed E-state index contributed by atoms with van der Waals surface area (Å²) < 4.78 is 70.5. The number of alkyl halides is 3. The molecule has 0 unspecified atom stereocenters. The van der Waals surface area contributed by atoms with Crippen molar-refractivity contribution >= 4 is 17.5 Å². The van der Waals surface area contributed by atoms with Crippen LogP contribution >= 0.6 is 0 Å². The van der Waals surface area contributed by atoms with Crippen LogP contribution in [0, 0.1) is 23.0 Å². The standard InChI is InChI=1S/C17H11F5N8O2/c1-32-15-24-5-9(6-25-15)30(7-8-2-12(29-28-8)17(20,21)22)16(31)27-13-3-10(18)14(19)11(4-23)26-13/h2-3,5-6H,7H2,1H3,(H,28,29)(H,26,27,31). The topological polar surface area (TPSA) is 133 Å². The Labute approximate surface area is 175 Å². The number of amides is 2. The van der Waals surface area contributed by atoms with Crippen LogP contribution in [0.4, 0.5) is 38.3 Å². The van der Waals surface area contributed by atoms with Crippen molar-refractivity contribution in [1.82, 2.24) is 25.1 Å². The Morgan fingerprint density at radius 1 is 1.28 bits per heavy atom. The molecule has 0 saturated carbocycles. The highest BCUT2D eigenvalue weighted by Gasteiger charge is 2.33. The molecule has 0 aromatic carbocycles. The van der Waals surface area contributed by atoms with E-state index >= 15 is 0 Å². The maximum absolute atomic E-state index is 13.7. The van der Waals surface area contributed by atoms with Crippen LogP contribution < -0.4 is 15.0 Å². The minimum Gasteiger partial charge on any atom is -0.467 e. The number of H-pyrrole nitrogens is 1. The molecular weight excluding hydrogens is 443 g/mol. The number of ether oxygens (including phenoxy) is 1. The second-order valence-electron chi connectivity index (χ2n) is 5.98. The third-order valence-electron chi connectivity index (χ3n) is 3.86. The van der Waals surface area contributed by atoms with E-state index in [1.54, 1.807) is 0 Å². The minimum atomic E-state index is -4.69. The lowest BCUT2D eigenvalue weighted by Crippen LogP contribution is -2.35. The lowest BCUT2D eigenvalue weighted by atomic mass is 10.3. The number of methoxy groups -OCH3 is 1. The Balaban J connectivity index is 1.93. The molecule has 0 aliphatic heterocycles. The molecule has 3 aromatic heterocycles. The maximum atomic E-state index is 13.7. The molecule has 3 aromatic rings. The predicted octanol–water partition coefficient (Wildman–Crippen LogP) is 3.01. The molecule has 3 rings (SSSR count). The van der Waals surface area contributed by atoms with Crippen LogP contribution in [0.25, 0.3) is 0 Å². The van der Waals surface area contributed by atoms with Gasteiger partial charge < -0.3 is 4.74 Å². The van der Waals surface area contributed by atoms with Gasteiger partial charge in [-0.25, -0.2) is 28.5 Å². The SMILES string of the molecule is COc1ncc(N(Cc2cc(C(F)(F)F)[nH]n2)C(=O)Nc2cc(F)c(F)c(C#N)n2)cn1. The first-order valence-electron chi connectivity index (χ1n) is 8.44. The van der Waals surface area contributed by atoms with E-state index < -0.39 is 47.6 Å². The molecule has 0 atom stereocenters. The molecule has 3 heterocycles. The van der Waals surface area contributed by atoms with Crippen molar-refractivity contribution in [2.24, 2.45) is 0 Å². The minimum absolute atomic E-state index is 0.00273. The first-order valence-corrected chi connectivity index (χ1v) is 8.44. The van der Waals surface area contributed by atoms with Crippen molar-refractivity contribution in [3.8, 4) is 12.1 Å². The molecule has 0 saturated heterocycles. The van der Waals surface area contributed by atoms with Crippen LogP contribution in [0.1, 0.15) is 17.1 Å². The number of urea groups is 1. The van der Waals surface area contributed by atoms with Crippen molar-refractivity contribution in [3.05, 3.63) is 53.2 Å². The van der Waals surface area contributed by atoms with Gasteiger partial charge in [0, 0.05) is 6.07 Å².